The lowest BCUT2D eigenvalue weighted by atomic mass is 10.0. The molecule has 1 N–H and O–H groups in total. The summed E-state index contributed by atoms with van der Waals surface area (Å²) in [7, 11) is 0. The molecule has 102 valence electrons. The predicted molar refractivity (Wildman–Crippen MR) is 88.8 cm³/mol. The molecule has 0 aromatic heterocycles. The zero-order chi connectivity index (χ0) is 13.2. The van der Waals surface area contributed by atoms with Gasteiger partial charge in [0.15, 0.2) is 0 Å². The molecular formula is C16H26IN. The summed E-state index contributed by atoms with van der Waals surface area (Å²) < 4.78 is 1.31. The molecule has 0 fully saturated rings. The Kier molecular flexibility index (Phi) is 8.68. The largest absolute Gasteiger partial charge is 0.313 e. The summed E-state index contributed by atoms with van der Waals surface area (Å²) in [5, 5.41) is 3.52. The maximum absolute atomic E-state index is 3.52. The van der Waals surface area contributed by atoms with E-state index in [9.17, 15) is 0 Å². The quantitative estimate of drug-likeness (QED) is 0.484. The van der Waals surface area contributed by atoms with Crippen LogP contribution >= 0.6 is 22.6 Å². The fourth-order valence-electron chi connectivity index (χ4n) is 1.99. The summed E-state index contributed by atoms with van der Waals surface area (Å²) in [6.45, 7) is 6.77. The molecule has 0 atom stereocenters. The van der Waals surface area contributed by atoms with Gasteiger partial charge in [-0.2, -0.15) is 0 Å². The Balaban J connectivity index is 1.94. The third-order valence-corrected chi connectivity index (χ3v) is 3.85. The van der Waals surface area contributed by atoms with E-state index in [1.807, 2.05) is 0 Å². The molecule has 0 bridgehead atoms. The number of halogens is 1. The number of unbranched alkanes of at least 4 members (excludes halogenated alkanes) is 3. The van der Waals surface area contributed by atoms with Crippen LogP contribution in [0.4, 0.5) is 0 Å². The van der Waals surface area contributed by atoms with Crippen LogP contribution in [0.15, 0.2) is 24.3 Å². The number of nitrogens with one attached hydrogen (secondary N) is 1. The van der Waals surface area contributed by atoms with E-state index in [1.54, 1.807) is 0 Å². The molecule has 0 aliphatic rings. The summed E-state index contributed by atoms with van der Waals surface area (Å²) >= 11 is 2.34. The average Bonchev–Trinajstić information content (AvgIpc) is 2.34. The van der Waals surface area contributed by atoms with E-state index in [0.29, 0.717) is 0 Å². The Morgan fingerprint density at radius 2 is 1.67 bits per heavy atom. The van der Waals surface area contributed by atoms with E-state index >= 15 is 0 Å². The summed E-state index contributed by atoms with van der Waals surface area (Å²) in [4.78, 5) is 0. The van der Waals surface area contributed by atoms with Crippen molar-refractivity contribution in [3.63, 3.8) is 0 Å². The van der Waals surface area contributed by atoms with Crippen LogP contribution in [-0.4, -0.2) is 6.54 Å². The van der Waals surface area contributed by atoms with Gasteiger partial charge >= 0.3 is 0 Å². The van der Waals surface area contributed by atoms with Gasteiger partial charge in [-0.1, -0.05) is 51.7 Å². The molecule has 0 radical (unpaired) electrons. The minimum atomic E-state index is 0.865. The normalized spacial score (nSPS) is 11.1. The Hall–Kier alpha value is -0.0900. The van der Waals surface area contributed by atoms with Crippen LogP contribution in [0.2, 0.25) is 0 Å². The van der Waals surface area contributed by atoms with Crippen molar-refractivity contribution < 1.29 is 0 Å². The zero-order valence-corrected chi connectivity index (χ0v) is 13.9. The van der Waals surface area contributed by atoms with Gasteiger partial charge < -0.3 is 5.32 Å². The number of hydrogen-bond acceptors (Lipinski definition) is 1. The SMILES string of the molecule is CC(C)CCCCCCNCc1ccc(I)cc1. The highest BCUT2D eigenvalue weighted by atomic mass is 127. The molecule has 0 amide bonds. The fraction of sp³-hybridized carbons (Fsp3) is 0.625. The van der Waals surface area contributed by atoms with Crippen LogP contribution in [0.5, 0.6) is 0 Å². The van der Waals surface area contributed by atoms with Gasteiger partial charge in [0, 0.05) is 10.1 Å². The molecule has 2 heteroatoms. The van der Waals surface area contributed by atoms with Crippen molar-refractivity contribution in [2.24, 2.45) is 5.92 Å². The second-order valence-corrected chi connectivity index (χ2v) is 6.65. The van der Waals surface area contributed by atoms with E-state index in [1.165, 1.54) is 41.2 Å². The summed E-state index contributed by atoms with van der Waals surface area (Å²) in [5.74, 6) is 0.865. The molecule has 0 heterocycles. The van der Waals surface area contributed by atoms with Crippen molar-refractivity contribution in [2.45, 2.75) is 52.5 Å². The van der Waals surface area contributed by atoms with Gasteiger partial charge in [0.2, 0.25) is 0 Å². The molecule has 0 aliphatic heterocycles. The van der Waals surface area contributed by atoms with Gasteiger partial charge in [-0.3, -0.25) is 0 Å². The van der Waals surface area contributed by atoms with E-state index in [-0.39, 0.29) is 0 Å². The predicted octanol–water partition coefficient (Wildman–Crippen LogP) is 4.99. The third kappa shape index (κ3) is 8.09. The topological polar surface area (TPSA) is 12.0 Å². The number of benzene rings is 1. The Morgan fingerprint density at radius 3 is 2.33 bits per heavy atom. The molecule has 1 nitrogen and oxygen atoms in total. The first-order valence-corrected chi connectivity index (χ1v) is 8.21. The van der Waals surface area contributed by atoms with E-state index in [4.69, 9.17) is 0 Å². The summed E-state index contributed by atoms with van der Waals surface area (Å²) in [6.07, 6.45) is 6.85. The first-order chi connectivity index (χ1) is 8.68. The van der Waals surface area contributed by atoms with Gasteiger partial charge in [0.05, 0.1) is 0 Å². The first kappa shape index (κ1) is 16.0. The highest BCUT2D eigenvalue weighted by Crippen LogP contribution is 2.09. The number of hydrogen-bond donors (Lipinski definition) is 1. The van der Waals surface area contributed by atoms with Gasteiger partial charge in [0.25, 0.3) is 0 Å². The Bertz CT molecular complexity index is 305. The fourth-order valence-corrected chi connectivity index (χ4v) is 2.35. The smallest absolute Gasteiger partial charge is 0.0205 e. The minimum Gasteiger partial charge on any atom is -0.313 e. The molecule has 1 aromatic rings. The molecule has 0 saturated carbocycles. The summed E-state index contributed by atoms with van der Waals surface area (Å²) in [6, 6.07) is 8.75. The van der Waals surface area contributed by atoms with Crippen LogP contribution in [0.1, 0.15) is 51.5 Å². The van der Waals surface area contributed by atoms with E-state index in [0.717, 1.165) is 19.0 Å². The van der Waals surface area contributed by atoms with Gasteiger partial charge in [-0.15, -0.1) is 0 Å². The monoisotopic (exact) mass is 359 g/mol. The van der Waals surface area contributed by atoms with E-state index in [2.05, 4.69) is 66.0 Å². The maximum Gasteiger partial charge on any atom is 0.0205 e. The van der Waals surface area contributed by atoms with Gasteiger partial charge in [-0.25, -0.2) is 0 Å². The molecular weight excluding hydrogens is 333 g/mol. The van der Waals surface area contributed by atoms with Crippen LogP contribution in [-0.2, 0) is 6.54 Å². The maximum atomic E-state index is 3.52. The van der Waals surface area contributed by atoms with Crippen LogP contribution in [0, 0.1) is 9.49 Å². The highest BCUT2D eigenvalue weighted by molar-refractivity contribution is 14.1. The third-order valence-electron chi connectivity index (χ3n) is 3.13. The lowest BCUT2D eigenvalue weighted by Gasteiger charge is -2.06. The Labute approximate surface area is 126 Å². The Morgan fingerprint density at radius 1 is 1.00 bits per heavy atom. The van der Waals surface area contributed by atoms with Crippen LogP contribution in [0.25, 0.3) is 0 Å². The number of rotatable bonds is 9. The van der Waals surface area contributed by atoms with Crippen molar-refractivity contribution in [1.29, 1.82) is 0 Å². The van der Waals surface area contributed by atoms with Crippen molar-refractivity contribution in [3.8, 4) is 0 Å². The second-order valence-electron chi connectivity index (χ2n) is 5.40. The van der Waals surface area contributed by atoms with E-state index < -0.39 is 0 Å². The van der Waals surface area contributed by atoms with Gasteiger partial charge in [0.1, 0.15) is 0 Å². The molecule has 0 saturated heterocycles. The molecule has 0 unspecified atom stereocenters. The molecule has 0 spiro atoms. The average molecular weight is 359 g/mol. The van der Waals surface area contributed by atoms with Crippen molar-refractivity contribution in [2.75, 3.05) is 6.54 Å². The van der Waals surface area contributed by atoms with Crippen molar-refractivity contribution >= 4 is 22.6 Å². The summed E-state index contributed by atoms with van der Waals surface area (Å²) in [5.41, 5.74) is 1.38. The van der Waals surface area contributed by atoms with Gasteiger partial charge in [-0.05, 0) is 59.2 Å². The molecule has 1 aromatic carbocycles. The first-order valence-electron chi connectivity index (χ1n) is 7.13. The second kappa shape index (κ2) is 9.79. The zero-order valence-electron chi connectivity index (χ0n) is 11.7. The lowest BCUT2D eigenvalue weighted by Crippen LogP contribution is -2.14. The molecule has 18 heavy (non-hydrogen) atoms. The van der Waals surface area contributed by atoms with Crippen molar-refractivity contribution in [3.05, 3.63) is 33.4 Å². The van der Waals surface area contributed by atoms with Crippen LogP contribution in [0.3, 0.4) is 0 Å². The van der Waals surface area contributed by atoms with Crippen molar-refractivity contribution in [1.82, 2.24) is 5.32 Å². The molecule has 0 aliphatic carbocycles. The lowest BCUT2D eigenvalue weighted by molar-refractivity contribution is 0.512. The minimum absolute atomic E-state index is 0.865. The highest BCUT2D eigenvalue weighted by Gasteiger charge is 1.95. The van der Waals surface area contributed by atoms with Crippen LogP contribution < -0.4 is 5.32 Å². The molecule has 1 rings (SSSR count). The standard InChI is InChI=1S/C16H26IN/c1-14(2)7-5-3-4-6-12-18-13-15-8-10-16(17)11-9-15/h8-11,14,18H,3-7,12-13H2,1-2H3.